The van der Waals surface area contributed by atoms with Gasteiger partial charge in [-0.3, -0.25) is 4.79 Å². The van der Waals surface area contributed by atoms with Crippen molar-refractivity contribution in [2.24, 2.45) is 0 Å². The third-order valence-electron chi connectivity index (χ3n) is 3.59. The van der Waals surface area contributed by atoms with Gasteiger partial charge in [0.15, 0.2) is 5.78 Å². The molecule has 2 aromatic carbocycles. The van der Waals surface area contributed by atoms with Crippen LogP contribution in [0, 0.1) is 25.5 Å². The molecule has 0 atom stereocenters. The van der Waals surface area contributed by atoms with Crippen molar-refractivity contribution in [3.05, 3.63) is 64.7 Å². The van der Waals surface area contributed by atoms with Crippen molar-refractivity contribution >= 4 is 17.5 Å². The van der Waals surface area contributed by atoms with Crippen LogP contribution < -0.4 is 0 Å². The lowest BCUT2D eigenvalue weighted by Crippen LogP contribution is -2.08. The van der Waals surface area contributed by atoms with E-state index in [0.717, 1.165) is 46.8 Å². The van der Waals surface area contributed by atoms with Crippen LogP contribution >= 0.6 is 11.8 Å². The van der Waals surface area contributed by atoms with Gasteiger partial charge in [0.2, 0.25) is 5.16 Å². The van der Waals surface area contributed by atoms with Crippen LogP contribution in [0.25, 0.3) is 5.69 Å². The van der Waals surface area contributed by atoms with Crippen molar-refractivity contribution in [2.75, 3.05) is 5.75 Å². The van der Waals surface area contributed by atoms with Crippen LogP contribution in [0.2, 0.25) is 0 Å². The van der Waals surface area contributed by atoms with Crippen molar-refractivity contribution in [2.45, 2.75) is 19.0 Å². The van der Waals surface area contributed by atoms with Gasteiger partial charge in [-0.2, -0.15) is 4.68 Å². The van der Waals surface area contributed by atoms with Crippen LogP contribution in [-0.4, -0.2) is 31.7 Å². The number of thioether (sulfide) groups is 1. The largest absolute Gasteiger partial charge is 0.293 e. The predicted octanol–water partition coefficient (Wildman–Crippen LogP) is 3.53. The number of ketones is 1. The molecule has 8 heteroatoms. The number of carbonyl (C=O) groups excluding carboxylic acids is 1. The number of aromatic nitrogens is 4. The molecule has 0 aliphatic heterocycles. The summed E-state index contributed by atoms with van der Waals surface area (Å²) in [5, 5.41) is 11.9. The number of Topliss-reactive ketones (excluding diaryl/α,β-unsaturated/α-hetero) is 1. The van der Waals surface area contributed by atoms with Gasteiger partial charge in [-0.05, 0) is 59.7 Å². The van der Waals surface area contributed by atoms with E-state index in [1.807, 2.05) is 32.0 Å². The summed E-state index contributed by atoms with van der Waals surface area (Å²) in [6.45, 7) is 3.88. The number of benzene rings is 2. The Balaban J connectivity index is 1.81. The molecule has 1 aromatic heterocycles. The number of tetrazole rings is 1. The molecule has 0 N–H and O–H groups in total. The minimum atomic E-state index is -0.749. The van der Waals surface area contributed by atoms with Gasteiger partial charge in [0.25, 0.3) is 0 Å². The van der Waals surface area contributed by atoms with E-state index in [2.05, 4.69) is 15.5 Å². The second kappa shape index (κ2) is 7.10. The van der Waals surface area contributed by atoms with Crippen LogP contribution in [0.3, 0.4) is 0 Å². The molecule has 0 radical (unpaired) electrons. The van der Waals surface area contributed by atoms with E-state index in [-0.39, 0.29) is 11.3 Å². The Morgan fingerprint density at radius 2 is 1.96 bits per heavy atom. The van der Waals surface area contributed by atoms with E-state index < -0.39 is 17.4 Å². The molecule has 0 saturated carbocycles. The maximum Gasteiger partial charge on any atom is 0.214 e. The third kappa shape index (κ3) is 3.74. The Morgan fingerprint density at radius 1 is 1.16 bits per heavy atom. The third-order valence-corrected chi connectivity index (χ3v) is 4.51. The summed E-state index contributed by atoms with van der Waals surface area (Å²) in [6, 6.07) is 8.67. The highest BCUT2D eigenvalue weighted by Gasteiger charge is 2.17. The lowest BCUT2D eigenvalue weighted by Gasteiger charge is -2.08. The molecule has 0 amide bonds. The molecular formula is C17H14F2N4OS. The SMILES string of the molecule is Cc1ccc(C)c(-n2nnnc2SCC(=O)c2cc(F)ccc2F)c1. The van der Waals surface area contributed by atoms with Crippen LogP contribution in [0.4, 0.5) is 8.78 Å². The molecule has 5 nitrogen and oxygen atoms in total. The van der Waals surface area contributed by atoms with E-state index >= 15 is 0 Å². The van der Waals surface area contributed by atoms with Gasteiger partial charge in [0.1, 0.15) is 11.6 Å². The average Bonchev–Trinajstić information content (AvgIpc) is 3.05. The van der Waals surface area contributed by atoms with Crippen LogP contribution in [-0.2, 0) is 0 Å². The number of aryl methyl sites for hydroxylation is 2. The molecule has 128 valence electrons. The minimum Gasteiger partial charge on any atom is -0.293 e. The molecular weight excluding hydrogens is 346 g/mol. The standard InChI is InChI=1S/C17H14F2N4OS/c1-10-3-4-11(2)15(7-10)23-17(20-21-22-23)25-9-16(24)13-8-12(18)5-6-14(13)19/h3-8H,9H2,1-2H3. The molecule has 3 rings (SSSR count). The maximum absolute atomic E-state index is 13.7. The second-order valence-corrected chi connectivity index (χ2v) is 6.44. The maximum atomic E-state index is 13.7. The molecule has 0 aliphatic rings. The topological polar surface area (TPSA) is 60.7 Å². The zero-order valence-electron chi connectivity index (χ0n) is 13.5. The summed E-state index contributed by atoms with van der Waals surface area (Å²) >= 11 is 1.07. The van der Waals surface area contributed by atoms with Crippen LogP contribution in [0.1, 0.15) is 21.5 Å². The van der Waals surface area contributed by atoms with Crippen molar-refractivity contribution in [3.8, 4) is 5.69 Å². The van der Waals surface area contributed by atoms with Gasteiger partial charge >= 0.3 is 0 Å². The van der Waals surface area contributed by atoms with E-state index in [1.165, 1.54) is 4.68 Å². The molecule has 0 spiro atoms. The highest BCUT2D eigenvalue weighted by molar-refractivity contribution is 7.99. The van der Waals surface area contributed by atoms with E-state index in [4.69, 9.17) is 0 Å². The van der Waals surface area contributed by atoms with Crippen LogP contribution in [0.5, 0.6) is 0 Å². The number of hydrogen-bond acceptors (Lipinski definition) is 5. The summed E-state index contributed by atoms with van der Waals surface area (Å²) in [4.78, 5) is 12.2. The van der Waals surface area contributed by atoms with E-state index in [1.54, 1.807) is 0 Å². The number of nitrogens with zero attached hydrogens (tertiary/aromatic N) is 4. The average molecular weight is 360 g/mol. The Hall–Kier alpha value is -2.61. The number of rotatable bonds is 5. The summed E-state index contributed by atoms with van der Waals surface area (Å²) in [7, 11) is 0. The molecule has 0 saturated heterocycles. The van der Waals surface area contributed by atoms with Gasteiger partial charge in [-0.1, -0.05) is 23.9 Å². The first kappa shape index (κ1) is 17.2. The van der Waals surface area contributed by atoms with E-state index in [9.17, 15) is 13.6 Å². The highest BCUT2D eigenvalue weighted by atomic mass is 32.2. The summed E-state index contributed by atoms with van der Waals surface area (Å²) in [5.41, 5.74) is 2.54. The quantitative estimate of drug-likeness (QED) is 0.515. The van der Waals surface area contributed by atoms with E-state index in [0.29, 0.717) is 5.16 Å². The first-order valence-corrected chi connectivity index (χ1v) is 8.41. The molecule has 0 aliphatic carbocycles. The predicted molar refractivity (Wildman–Crippen MR) is 90.0 cm³/mol. The first-order valence-electron chi connectivity index (χ1n) is 7.43. The molecule has 3 aromatic rings. The lowest BCUT2D eigenvalue weighted by molar-refractivity contribution is 0.101. The molecule has 0 unspecified atom stereocenters. The summed E-state index contributed by atoms with van der Waals surface area (Å²) < 4.78 is 28.4. The fraction of sp³-hybridized carbons (Fsp3) is 0.176. The minimum absolute atomic E-state index is 0.106. The van der Waals surface area contributed by atoms with Crippen molar-refractivity contribution in [1.82, 2.24) is 20.2 Å². The smallest absolute Gasteiger partial charge is 0.214 e. The zero-order chi connectivity index (χ0) is 18.0. The van der Waals surface area contributed by atoms with Crippen LogP contribution in [0.15, 0.2) is 41.6 Å². The monoisotopic (exact) mass is 360 g/mol. The van der Waals surface area contributed by atoms with Gasteiger partial charge in [-0.15, -0.1) is 5.10 Å². The molecule has 0 fully saturated rings. The van der Waals surface area contributed by atoms with Gasteiger partial charge in [0.05, 0.1) is 17.0 Å². The fourth-order valence-corrected chi connectivity index (χ4v) is 3.05. The Bertz CT molecular complexity index is 942. The first-order chi connectivity index (χ1) is 12.0. The van der Waals surface area contributed by atoms with Crippen molar-refractivity contribution < 1.29 is 13.6 Å². The summed E-state index contributed by atoms with van der Waals surface area (Å²) in [5.74, 6) is -2.04. The fourth-order valence-electron chi connectivity index (χ4n) is 2.29. The Kier molecular flexibility index (Phi) is 4.89. The van der Waals surface area contributed by atoms with Gasteiger partial charge in [-0.25, -0.2) is 8.78 Å². The van der Waals surface area contributed by atoms with Gasteiger partial charge in [0, 0.05) is 0 Å². The van der Waals surface area contributed by atoms with Crippen molar-refractivity contribution in [1.29, 1.82) is 0 Å². The van der Waals surface area contributed by atoms with Gasteiger partial charge < -0.3 is 0 Å². The number of carbonyl (C=O) groups is 1. The number of hydrogen-bond donors (Lipinski definition) is 0. The number of halogens is 2. The molecule has 25 heavy (non-hydrogen) atoms. The lowest BCUT2D eigenvalue weighted by atomic mass is 10.1. The molecule has 1 heterocycles. The zero-order valence-corrected chi connectivity index (χ0v) is 14.3. The summed E-state index contributed by atoms with van der Waals surface area (Å²) in [6.07, 6.45) is 0. The normalized spacial score (nSPS) is 10.9. The Labute approximate surface area is 147 Å². The molecule has 0 bridgehead atoms. The second-order valence-electron chi connectivity index (χ2n) is 5.50. The van der Waals surface area contributed by atoms with Crippen molar-refractivity contribution in [3.63, 3.8) is 0 Å². The highest BCUT2D eigenvalue weighted by Crippen LogP contribution is 2.23. The Morgan fingerprint density at radius 3 is 2.76 bits per heavy atom.